The van der Waals surface area contributed by atoms with E-state index in [1.807, 2.05) is 0 Å². The number of halogens is 1. The third-order valence-corrected chi connectivity index (χ3v) is 2.64. The van der Waals surface area contributed by atoms with Crippen LogP contribution in [0.5, 0.6) is 5.75 Å². The van der Waals surface area contributed by atoms with Gasteiger partial charge in [-0.1, -0.05) is 11.6 Å². The van der Waals surface area contributed by atoms with Gasteiger partial charge in [-0.05, 0) is 24.3 Å². The van der Waals surface area contributed by atoms with Crippen LogP contribution in [0.2, 0.25) is 5.02 Å². The molecule has 7 heteroatoms. The Morgan fingerprint density at radius 1 is 1.37 bits per heavy atom. The average molecular weight is 280 g/mol. The van der Waals surface area contributed by atoms with Gasteiger partial charge in [0.15, 0.2) is 5.69 Å². The Kier molecular flexibility index (Phi) is 3.52. The second-order valence-corrected chi connectivity index (χ2v) is 4.08. The summed E-state index contributed by atoms with van der Waals surface area (Å²) in [6.07, 6.45) is 0. The van der Waals surface area contributed by atoms with E-state index in [9.17, 15) is 4.79 Å². The number of hydrogen-bond donors (Lipinski definition) is 2. The number of methoxy groups -OCH3 is 1. The number of benzene rings is 1. The summed E-state index contributed by atoms with van der Waals surface area (Å²) in [5.41, 5.74) is 6.20. The summed E-state index contributed by atoms with van der Waals surface area (Å²) in [5, 5.41) is 9.44. The van der Waals surface area contributed by atoms with Gasteiger partial charge in [-0.3, -0.25) is 0 Å². The van der Waals surface area contributed by atoms with Crippen molar-refractivity contribution >= 4 is 23.5 Å². The summed E-state index contributed by atoms with van der Waals surface area (Å²) in [7, 11) is 1.50. The van der Waals surface area contributed by atoms with Crippen molar-refractivity contribution in [3.8, 4) is 17.0 Å². The number of aromatic nitrogens is 2. The predicted octanol–water partition coefficient (Wildman–Crippen LogP) is 2.09. The lowest BCUT2D eigenvalue weighted by Crippen LogP contribution is -2.06. The number of rotatable bonds is 3. The van der Waals surface area contributed by atoms with E-state index in [0.717, 1.165) is 0 Å². The molecule has 0 unspecified atom stereocenters. The lowest BCUT2D eigenvalue weighted by Gasteiger charge is -2.09. The molecule has 1 aromatic carbocycles. The number of carboxylic acid groups (broad SMARTS) is 1. The normalized spacial score (nSPS) is 10.2. The predicted molar refractivity (Wildman–Crippen MR) is 70.4 cm³/mol. The van der Waals surface area contributed by atoms with Gasteiger partial charge in [-0.15, -0.1) is 0 Å². The maximum absolute atomic E-state index is 11.0. The average Bonchev–Trinajstić information content (AvgIpc) is 2.37. The third-order valence-electron chi connectivity index (χ3n) is 2.40. The first-order valence-corrected chi connectivity index (χ1v) is 5.61. The zero-order chi connectivity index (χ0) is 14.0. The fourth-order valence-corrected chi connectivity index (χ4v) is 1.77. The fraction of sp³-hybridized carbons (Fsp3) is 0.0833. The lowest BCUT2D eigenvalue weighted by atomic mass is 10.1. The molecule has 0 saturated carbocycles. The van der Waals surface area contributed by atoms with Crippen LogP contribution in [0.25, 0.3) is 11.3 Å². The molecule has 0 amide bonds. The van der Waals surface area contributed by atoms with E-state index in [0.29, 0.717) is 22.0 Å². The molecule has 0 saturated heterocycles. The zero-order valence-electron chi connectivity index (χ0n) is 9.92. The highest BCUT2D eigenvalue weighted by Crippen LogP contribution is 2.31. The third kappa shape index (κ3) is 2.74. The van der Waals surface area contributed by atoms with Gasteiger partial charge < -0.3 is 15.6 Å². The summed E-state index contributed by atoms with van der Waals surface area (Å²) >= 11 is 5.92. The SMILES string of the molecule is COc1ccc(Cl)cc1-c1cc(C(=O)O)nc(N)n1. The van der Waals surface area contributed by atoms with Gasteiger partial charge in [0.1, 0.15) is 5.75 Å². The number of ether oxygens (including phenoxy) is 1. The van der Waals surface area contributed by atoms with Crippen LogP contribution in [0.4, 0.5) is 5.95 Å². The quantitative estimate of drug-likeness (QED) is 0.892. The van der Waals surface area contributed by atoms with Crippen LogP contribution in [0.15, 0.2) is 24.3 Å². The first kappa shape index (κ1) is 13.1. The van der Waals surface area contributed by atoms with Crippen LogP contribution in [0, 0.1) is 0 Å². The Morgan fingerprint density at radius 2 is 2.11 bits per heavy atom. The largest absolute Gasteiger partial charge is 0.496 e. The molecule has 2 aromatic rings. The van der Waals surface area contributed by atoms with E-state index in [1.54, 1.807) is 18.2 Å². The van der Waals surface area contributed by atoms with Crippen LogP contribution in [0.3, 0.4) is 0 Å². The van der Waals surface area contributed by atoms with Gasteiger partial charge in [-0.2, -0.15) is 0 Å². The van der Waals surface area contributed by atoms with Crippen LogP contribution in [-0.2, 0) is 0 Å². The van der Waals surface area contributed by atoms with Crippen molar-refractivity contribution in [3.05, 3.63) is 35.0 Å². The number of nitrogens with two attached hydrogens (primary N) is 1. The summed E-state index contributed by atoms with van der Waals surface area (Å²) in [5.74, 6) is -0.799. The molecule has 3 N–H and O–H groups in total. The highest BCUT2D eigenvalue weighted by atomic mass is 35.5. The molecule has 0 radical (unpaired) electrons. The van der Waals surface area contributed by atoms with Crippen LogP contribution < -0.4 is 10.5 Å². The maximum Gasteiger partial charge on any atom is 0.354 e. The number of aromatic carboxylic acids is 1. The standard InChI is InChI=1S/C12H10ClN3O3/c1-19-10-3-2-6(13)4-7(10)8-5-9(11(17)18)16-12(14)15-8/h2-5H,1H3,(H,17,18)(H2,14,15,16). The minimum absolute atomic E-state index is 0.128. The zero-order valence-corrected chi connectivity index (χ0v) is 10.7. The van der Waals surface area contributed by atoms with Gasteiger partial charge in [0, 0.05) is 10.6 Å². The number of nitrogen functional groups attached to an aromatic ring is 1. The van der Waals surface area contributed by atoms with Crippen molar-refractivity contribution in [2.75, 3.05) is 12.8 Å². The van der Waals surface area contributed by atoms with Crippen LogP contribution in [-0.4, -0.2) is 28.2 Å². The van der Waals surface area contributed by atoms with Gasteiger partial charge >= 0.3 is 5.97 Å². The van der Waals surface area contributed by atoms with Crippen molar-refractivity contribution in [1.29, 1.82) is 0 Å². The second-order valence-electron chi connectivity index (χ2n) is 3.65. The van der Waals surface area contributed by atoms with Crippen LogP contribution in [0.1, 0.15) is 10.5 Å². The van der Waals surface area contributed by atoms with Crippen LogP contribution >= 0.6 is 11.6 Å². The number of nitrogens with zero attached hydrogens (tertiary/aromatic N) is 2. The monoisotopic (exact) mass is 279 g/mol. The first-order chi connectivity index (χ1) is 9.01. The van der Waals surface area contributed by atoms with Gasteiger partial charge in [0.25, 0.3) is 0 Å². The van der Waals surface area contributed by atoms with Crippen molar-refractivity contribution < 1.29 is 14.6 Å². The van der Waals surface area contributed by atoms with Gasteiger partial charge in [0.05, 0.1) is 12.8 Å². The fourth-order valence-electron chi connectivity index (χ4n) is 1.59. The minimum Gasteiger partial charge on any atom is -0.496 e. The topological polar surface area (TPSA) is 98.3 Å². The van der Waals surface area contributed by atoms with E-state index in [1.165, 1.54) is 13.2 Å². The van der Waals surface area contributed by atoms with Crippen molar-refractivity contribution in [1.82, 2.24) is 9.97 Å². The van der Waals surface area contributed by atoms with E-state index in [2.05, 4.69) is 9.97 Å². The van der Waals surface area contributed by atoms with Crippen molar-refractivity contribution in [2.24, 2.45) is 0 Å². The summed E-state index contributed by atoms with van der Waals surface area (Å²) in [6, 6.07) is 6.25. The molecule has 0 fully saturated rings. The lowest BCUT2D eigenvalue weighted by molar-refractivity contribution is 0.0690. The number of carboxylic acids is 1. The summed E-state index contributed by atoms with van der Waals surface area (Å²) < 4.78 is 5.19. The smallest absolute Gasteiger partial charge is 0.354 e. The Balaban J connectivity index is 2.64. The number of carbonyl (C=O) groups is 1. The molecule has 6 nitrogen and oxygen atoms in total. The van der Waals surface area contributed by atoms with Gasteiger partial charge in [0.2, 0.25) is 5.95 Å². The molecule has 1 heterocycles. The molecule has 0 bridgehead atoms. The molecule has 0 spiro atoms. The molecule has 0 aliphatic rings. The highest BCUT2D eigenvalue weighted by molar-refractivity contribution is 6.31. The highest BCUT2D eigenvalue weighted by Gasteiger charge is 2.13. The molecule has 2 rings (SSSR count). The minimum atomic E-state index is -1.18. The van der Waals surface area contributed by atoms with Crippen molar-refractivity contribution in [2.45, 2.75) is 0 Å². The summed E-state index contributed by atoms with van der Waals surface area (Å²) in [4.78, 5) is 18.6. The maximum atomic E-state index is 11.0. The van der Waals surface area contributed by atoms with E-state index in [4.69, 9.17) is 27.2 Å². The molecular formula is C12H10ClN3O3. The molecule has 1 aromatic heterocycles. The van der Waals surface area contributed by atoms with E-state index >= 15 is 0 Å². The summed E-state index contributed by atoms with van der Waals surface area (Å²) in [6.45, 7) is 0. The first-order valence-electron chi connectivity index (χ1n) is 5.23. The Labute approximate surface area is 113 Å². The number of hydrogen-bond acceptors (Lipinski definition) is 5. The molecule has 19 heavy (non-hydrogen) atoms. The molecule has 0 atom stereocenters. The Hall–Kier alpha value is -2.34. The van der Waals surface area contributed by atoms with Crippen molar-refractivity contribution in [3.63, 3.8) is 0 Å². The van der Waals surface area contributed by atoms with E-state index in [-0.39, 0.29) is 11.6 Å². The van der Waals surface area contributed by atoms with Gasteiger partial charge in [-0.25, -0.2) is 14.8 Å². The molecule has 0 aliphatic heterocycles. The Bertz CT molecular complexity index is 646. The Morgan fingerprint density at radius 3 is 2.74 bits per heavy atom. The molecule has 98 valence electrons. The van der Waals surface area contributed by atoms with E-state index < -0.39 is 5.97 Å². The second kappa shape index (κ2) is 5.11. The number of anilines is 1. The molecule has 0 aliphatic carbocycles. The molecular weight excluding hydrogens is 270 g/mol.